The molecule has 0 radical (unpaired) electrons. The van der Waals surface area contributed by atoms with Crippen LogP contribution in [0.3, 0.4) is 0 Å². The first-order valence-corrected chi connectivity index (χ1v) is 5.99. The molecule has 2 unspecified atom stereocenters. The van der Waals surface area contributed by atoms with Crippen molar-refractivity contribution in [1.82, 2.24) is 5.32 Å². The minimum Gasteiger partial charge on any atom is -0.380 e. The number of ether oxygens (including phenoxy) is 1. The Morgan fingerprint density at radius 1 is 1.36 bits per heavy atom. The zero-order chi connectivity index (χ0) is 10.0. The molecule has 14 heavy (non-hydrogen) atoms. The molecule has 1 heterocycles. The molecule has 0 aromatic carbocycles. The highest BCUT2D eigenvalue weighted by atomic mass is 16.5. The van der Waals surface area contributed by atoms with Crippen LogP contribution in [0.25, 0.3) is 0 Å². The maximum Gasteiger partial charge on any atom is 0.0554 e. The Bertz CT molecular complexity index is 189. The lowest BCUT2D eigenvalue weighted by Crippen LogP contribution is -2.50. The van der Waals surface area contributed by atoms with E-state index in [0.29, 0.717) is 5.41 Å². The molecule has 2 nitrogen and oxygen atoms in total. The molecule has 82 valence electrons. The number of rotatable bonds is 3. The Hall–Kier alpha value is -0.0800. The van der Waals surface area contributed by atoms with Crippen molar-refractivity contribution in [3.8, 4) is 0 Å². The maximum absolute atomic E-state index is 5.26. The average molecular weight is 197 g/mol. The number of hydrogen-bond donors (Lipinski definition) is 1. The standard InChI is InChI=1S/C12H23NO/c1-10-4-3-5-11(6-10)13-7-12(2)8-14-9-12/h10-11,13H,3-9H2,1-2H3. The van der Waals surface area contributed by atoms with E-state index >= 15 is 0 Å². The van der Waals surface area contributed by atoms with Gasteiger partial charge in [-0.15, -0.1) is 0 Å². The third kappa shape index (κ3) is 2.48. The zero-order valence-electron chi connectivity index (χ0n) is 9.51. The highest BCUT2D eigenvalue weighted by molar-refractivity contribution is 4.85. The van der Waals surface area contributed by atoms with Crippen LogP contribution in [-0.2, 0) is 4.74 Å². The topological polar surface area (TPSA) is 21.3 Å². The first-order valence-electron chi connectivity index (χ1n) is 5.99. The molecule has 1 saturated heterocycles. The van der Waals surface area contributed by atoms with Crippen LogP contribution < -0.4 is 5.32 Å². The minimum absolute atomic E-state index is 0.431. The Morgan fingerprint density at radius 3 is 2.71 bits per heavy atom. The van der Waals surface area contributed by atoms with Crippen molar-refractivity contribution in [2.45, 2.75) is 45.6 Å². The summed E-state index contributed by atoms with van der Waals surface area (Å²) in [6.45, 7) is 7.73. The second-order valence-electron chi connectivity index (χ2n) is 5.65. The second kappa shape index (κ2) is 4.19. The summed E-state index contributed by atoms with van der Waals surface area (Å²) in [4.78, 5) is 0. The molecule has 0 aromatic heterocycles. The van der Waals surface area contributed by atoms with Gasteiger partial charge in [0.25, 0.3) is 0 Å². The van der Waals surface area contributed by atoms with Crippen LogP contribution in [0, 0.1) is 11.3 Å². The summed E-state index contributed by atoms with van der Waals surface area (Å²) in [5.74, 6) is 0.923. The Morgan fingerprint density at radius 2 is 2.14 bits per heavy atom. The van der Waals surface area contributed by atoms with Gasteiger partial charge in [0.2, 0.25) is 0 Å². The number of nitrogens with one attached hydrogen (secondary N) is 1. The van der Waals surface area contributed by atoms with E-state index in [0.717, 1.165) is 31.7 Å². The van der Waals surface area contributed by atoms with Gasteiger partial charge in [0.15, 0.2) is 0 Å². The molecule has 0 bridgehead atoms. The van der Waals surface area contributed by atoms with Gasteiger partial charge in [-0.1, -0.05) is 26.7 Å². The van der Waals surface area contributed by atoms with Gasteiger partial charge in [0.1, 0.15) is 0 Å². The fraction of sp³-hybridized carbons (Fsp3) is 1.00. The van der Waals surface area contributed by atoms with Crippen LogP contribution in [0.1, 0.15) is 39.5 Å². The van der Waals surface area contributed by atoms with E-state index in [1.165, 1.54) is 25.7 Å². The van der Waals surface area contributed by atoms with Crippen molar-refractivity contribution in [3.63, 3.8) is 0 Å². The Balaban J connectivity index is 1.69. The molecule has 2 heteroatoms. The molecule has 2 atom stereocenters. The molecule has 0 amide bonds. The van der Waals surface area contributed by atoms with E-state index < -0.39 is 0 Å². The minimum atomic E-state index is 0.431. The lowest BCUT2D eigenvalue weighted by atomic mass is 9.84. The van der Waals surface area contributed by atoms with Crippen molar-refractivity contribution in [3.05, 3.63) is 0 Å². The molecule has 0 aromatic rings. The van der Waals surface area contributed by atoms with Crippen LogP contribution in [0.4, 0.5) is 0 Å². The van der Waals surface area contributed by atoms with Crippen LogP contribution in [0.15, 0.2) is 0 Å². The monoisotopic (exact) mass is 197 g/mol. The van der Waals surface area contributed by atoms with E-state index in [2.05, 4.69) is 19.2 Å². The molecule has 2 rings (SSSR count). The van der Waals surface area contributed by atoms with Gasteiger partial charge in [-0.05, 0) is 18.8 Å². The predicted molar refractivity (Wildman–Crippen MR) is 58.3 cm³/mol. The molecule has 1 saturated carbocycles. The smallest absolute Gasteiger partial charge is 0.0554 e. The van der Waals surface area contributed by atoms with Gasteiger partial charge in [-0.2, -0.15) is 0 Å². The maximum atomic E-state index is 5.26. The van der Waals surface area contributed by atoms with Crippen molar-refractivity contribution in [2.24, 2.45) is 11.3 Å². The van der Waals surface area contributed by atoms with E-state index in [-0.39, 0.29) is 0 Å². The summed E-state index contributed by atoms with van der Waals surface area (Å²) < 4.78 is 5.26. The molecule has 2 fully saturated rings. The summed E-state index contributed by atoms with van der Waals surface area (Å²) in [7, 11) is 0. The summed E-state index contributed by atoms with van der Waals surface area (Å²) in [6.07, 6.45) is 5.59. The van der Waals surface area contributed by atoms with Gasteiger partial charge in [0.05, 0.1) is 13.2 Å². The van der Waals surface area contributed by atoms with Crippen molar-refractivity contribution >= 4 is 0 Å². The third-order valence-corrected chi connectivity index (χ3v) is 3.65. The predicted octanol–water partition coefficient (Wildman–Crippen LogP) is 2.19. The molecule has 1 aliphatic heterocycles. The van der Waals surface area contributed by atoms with Gasteiger partial charge in [-0.3, -0.25) is 0 Å². The number of hydrogen-bond acceptors (Lipinski definition) is 2. The van der Waals surface area contributed by atoms with Crippen LogP contribution in [0.2, 0.25) is 0 Å². The van der Waals surface area contributed by atoms with E-state index in [4.69, 9.17) is 4.74 Å². The fourth-order valence-corrected chi connectivity index (χ4v) is 2.56. The Labute approximate surface area is 87.4 Å². The van der Waals surface area contributed by atoms with Crippen molar-refractivity contribution in [2.75, 3.05) is 19.8 Å². The molecular weight excluding hydrogens is 174 g/mol. The van der Waals surface area contributed by atoms with Crippen LogP contribution in [-0.4, -0.2) is 25.8 Å². The van der Waals surface area contributed by atoms with E-state index in [9.17, 15) is 0 Å². The largest absolute Gasteiger partial charge is 0.380 e. The molecule has 0 spiro atoms. The molecular formula is C12H23NO. The Kier molecular flexibility index (Phi) is 3.13. The van der Waals surface area contributed by atoms with Gasteiger partial charge < -0.3 is 10.1 Å². The van der Waals surface area contributed by atoms with E-state index in [1.807, 2.05) is 0 Å². The zero-order valence-corrected chi connectivity index (χ0v) is 9.51. The normalized spacial score (nSPS) is 36.4. The average Bonchev–Trinajstić information content (AvgIpc) is 2.12. The summed E-state index contributed by atoms with van der Waals surface area (Å²) in [5.41, 5.74) is 0.431. The van der Waals surface area contributed by atoms with Crippen molar-refractivity contribution < 1.29 is 4.74 Å². The highest BCUT2D eigenvalue weighted by Gasteiger charge is 2.33. The van der Waals surface area contributed by atoms with Gasteiger partial charge in [0, 0.05) is 18.0 Å². The van der Waals surface area contributed by atoms with Crippen LogP contribution >= 0.6 is 0 Å². The SMILES string of the molecule is CC1CCCC(NCC2(C)COC2)C1. The third-order valence-electron chi connectivity index (χ3n) is 3.65. The summed E-state index contributed by atoms with van der Waals surface area (Å²) in [6, 6.07) is 0.774. The quantitative estimate of drug-likeness (QED) is 0.749. The second-order valence-corrected chi connectivity index (χ2v) is 5.65. The highest BCUT2D eigenvalue weighted by Crippen LogP contribution is 2.28. The van der Waals surface area contributed by atoms with Gasteiger partial charge in [-0.25, -0.2) is 0 Å². The molecule has 1 N–H and O–H groups in total. The summed E-state index contributed by atoms with van der Waals surface area (Å²) >= 11 is 0. The molecule has 2 aliphatic rings. The van der Waals surface area contributed by atoms with Crippen LogP contribution in [0.5, 0.6) is 0 Å². The lowest BCUT2D eigenvalue weighted by Gasteiger charge is -2.40. The lowest BCUT2D eigenvalue weighted by molar-refractivity contribution is -0.100. The van der Waals surface area contributed by atoms with E-state index in [1.54, 1.807) is 0 Å². The van der Waals surface area contributed by atoms with Crippen molar-refractivity contribution in [1.29, 1.82) is 0 Å². The molecule has 1 aliphatic carbocycles. The van der Waals surface area contributed by atoms with Gasteiger partial charge >= 0.3 is 0 Å². The first kappa shape index (κ1) is 10.4. The first-order chi connectivity index (χ1) is 6.68. The fourth-order valence-electron chi connectivity index (χ4n) is 2.56. The summed E-state index contributed by atoms with van der Waals surface area (Å²) in [5, 5.41) is 3.71.